The Morgan fingerprint density at radius 1 is 1.02 bits per heavy atom. The van der Waals surface area contributed by atoms with Gasteiger partial charge in [-0.3, -0.25) is 9.59 Å². The van der Waals surface area contributed by atoms with E-state index >= 15 is 0 Å². The van der Waals surface area contributed by atoms with Crippen LogP contribution in [0.25, 0.3) is 0 Å². The molecule has 0 saturated heterocycles. The van der Waals surface area contributed by atoms with Gasteiger partial charge in [0.2, 0.25) is 0 Å². The molecule has 0 aromatic heterocycles. The number of esters is 2. The summed E-state index contributed by atoms with van der Waals surface area (Å²) >= 11 is 0. The molecule has 8 nitrogen and oxygen atoms in total. The van der Waals surface area contributed by atoms with Crippen LogP contribution in [0.15, 0.2) is 22.8 Å². The van der Waals surface area contributed by atoms with Gasteiger partial charge in [-0.05, 0) is 79.6 Å². The van der Waals surface area contributed by atoms with Crippen LogP contribution >= 0.6 is 0 Å². The zero-order valence-corrected chi connectivity index (χ0v) is 27.9. The number of hydrogen-bond acceptors (Lipinski definition) is 7. The first-order valence-electron chi connectivity index (χ1n) is 16.1. The third kappa shape index (κ3) is 5.28. The topological polar surface area (TPSA) is 119 Å². The molecule has 2 N–H and O–H groups in total. The number of methoxy groups -OCH3 is 1. The standard InChI is InChI=1S/C35H54O8/c1-19(31(39)40)11-12-25(42-21(3)36)20(2)24-17-28(38)35(9)30-23(13-16-34(24,35)8)33(7)15-14-29(43-22(4)37)32(5,6)27(33)18-26(30)41-10/h11,20,24-29,38H,12-18H2,1-10H3,(H,39,40)/b19-11+/t20-,24+,25-,26+,27-,28-,29-,33+,34+,35-/m0/s1. The second kappa shape index (κ2) is 11.6. The van der Waals surface area contributed by atoms with Gasteiger partial charge in [-0.25, -0.2) is 4.79 Å². The van der Waals surface area contributed by atoms with Gasteiger partial charge in [-0.15, -0.1) is 0 Å². The summed E-state index contributed by atoms with van der Waals surface area (Å²) in [5.74, 6) is -1.43. The smallest absolute Gasteiger partial charge is 0.330 e. The lowest BCUT2D eigenvalue weighted by atomic mass is 9.42. The average molecular weight is 603 g/mol. The summed E-state index contributed by atoms with van der Waals surface area (Å²) in [6.07, 6.45) is 5.41. The van der Waals surface area contributed by atoms with Gasteiger partial charge < -0.3 is 24.4 Å². The van der Waals surface area contributed by atoms with Gasteiger partial charge in [0.05, 0.1) is 12.2 Å². The fraction of sp³-hybridized carbons (Fsp3) is 0.800. The maximum atomic E-state index is 12.2. The van der Waals surface area contributed by atoms with Gasteiger partial charge in [-0.1, -0.05) is 53.2 Å². The number of carbonyl (C=O) groups is 3. The number of carboxylic acids is 1. The maximum absolute atomic E-state index is 12.2. The van der Waals surface area contributed by atoms with Gasteiger partial charge in [-0.2, -0.15) is 0 Å². The number of aliphatic hydroxyl groups excluding tert-OH is 1. The number of carbonyl (C=O) groups excluding carboxylic acids is 2. The van der Waals surface area contributed by atoms with E-state index in [1.54, 1.807) is 20.1 Å². The minimum Gasteiger partial charge on any atom is -0.478 e. The molecule has 8 heteroatoms. The normalized spacial score (nSPS) is 40.1. The Kier molecular flexibility index (Phi) is 9.11. The highest BCUT2D eigenvalue weighted by molar-refractivity contribution is 5.85. The SMILES string of the molecule is CO[C@@H]1C[C@H]2C(C)(C)[C@@H](OC(C)=O)CC[C@]2(C)C2=C1[C@]1(C)[C@@H](O)C[C@H]([C@H](C)[C@H](C/C=C(\C)C(=O)O)OC(C)=O)[C@@]1(C)CC2. The van der Waals surface area contributed by atoms with Crippen molar-refractivity contribution in [1.29, 1.82) is 0 Å². The molecule has 0 aliphatic heterocycles. The number of aliphatic hydroxyl groups is 1. The Morgan fingerprint density at radius 2 is 1.67 bits per heavy atom. The summed E-state index contributed by atoms with van der Waals surface area (Å²) in [4.78, 5) is 35.6. The van der Waals surface area contributed by atoms with Crippen molar-refractivity contribution in [2.45, 2.75) is 132 Å². The molecule has 0 unspecified atom stereocenters. The highest BCUT2D eigenvalue weighted by Crippen LogP contribution is 2.73. The number of fused-ring (bicyclic) bond motifs is 4. The molecule has 0 bridgehead atoms. The predicted octanol–water partition coefficient (Wildman–Crippen LogP) is 6.25. The minimum atomic E-state index is -0.989. The van der Waals surface area contributed by atoms with Crippen LogP contribution in [0.3, 0.4) is 0 Å². The Bertz CT molecular complexity index is 1200. The van der Waals surface area contributed by atoms with Gasteiger partial charge in [0.1, 0.15) is 12.2 Å². The second-order valence-corrected chi connectivity index (χ2v) is 15.2. The molecule has 4 rings (SSSR count). The van der Waals surface area contributed by atoms with Crippen molar-refractivity contribution in [3.63, 3.8) is 0 Å². The molecule has 0 amide bonds. The largest absolute Gasteiger partial charge is 0.478 e. The molecule has 0 heterocycles. The third-order valence-corrected chi connectivity index (χ3v) is 12.9. The van der Waals surface area contributed by atoms with E-state index < -0.39 is 29.6 Å². The molecule has 4 aliphatic carbocycles. The Hall–Kier alpha value is -2.19. The van der Waals surface area contributed by atoms with E-state index in [1.165, 1.54) is 25.0 Å². The number of ether oxygens (including phenoxy) is 3. The first kappa shape index (κ1) is 33.7. The van der Waals surface area contributed by atoms with Crippen molar-refractivity contribution in [3.05, 3.63) is 22.8 Å². The molecule has 4 aliphatic rings. The van der Waals surface area contributed by atoms with Gasteiger partial charge in [0.15, 0.2) is 0 Å². The molecule has 10 atom stereocenters. The number of aliphatic carboxylic acids is 1. The molecule has 242 valence electrons. The van der Waals surface area contributed by atoms with E-state index in [9.17, 15) is 24.6 Å². The first-order valence-corrected chi connectivity index (χ1v) is 16.1. The molecule has 43 heavy (non-hydrogen) atoms. The molecule has 2 saturated carbocycles. The molecule has 0 aromatic carbocycles. The Labute approximate surface area is 257 Å². The summed E-state index contributed by atoms with van der Waals surface area (Å²) < 4.78 is 18.0. The first-order chi connectivity index (χ1) is 19.9. The van der Waals surface area contributed by atoms with E-state index in [-0.39, 0.29) is 57.7 Å². The second-order valence-electron chi connectivity index (χ2n) is 15.2. The van der Waals surface area contributed by atoms with Crippen LogP contribution in [0.5, 0.6) is 0 Å². The van der Waals surface area contributed by atoms with Crippen molar-refractivity contribution >= 4 is 17.9 Å². The van der Waals surface area contributed by atoms with Crippen LogP contribution in [0.4, 0.5) is 0 Å². The van der Waals surface area contributed by atoms with Crippen molar-refractivity contribution in [2.75, 3.05) is 7.11 Å². The zero-order valence-electron chi connectivity index (χ0n) is 27.9. The zero-order chi connectivity index (χ0) is 32.3. The van der Waals surface area contributed by atoms with Crippen LogP contribution < -0.4 is 0 Å². The molecule has 2 fully saturated rings. The Morgan fingerprint density at radius 3 is 2.23 bits per heavy atom. The van der Waals surface area contributed by atoms with E-state index in [0.29, 0.717) is 12.8 Å². The summed E-state index contributed by atoms with van der Waals surface area (Å²) in [5.41, 5.74) is 1.71. The number of allylic oxidation sites excluding steroid dienone is 1. The fourth-order valence-corrected chi connectivity index (χ4v) is 10.3. The lowest BCUT2D eigenvalue weighted by Crippen LogP contribution is -2.60. The fourth-order valence-electron chi connectivity index (χ4n) is 10.3. The molecule has 0 radical (unpaired) electrons. The van der Waals surface area contributed by atoms with Crippen LogP contribution in [-0.2, 0) is 28.6 Å². The van der Waals surface area contributed by atoms with Crippen molar-refractivity contribution in [3.8, 4) is 0 Å². The highest BCUT2D eigenvalue weighted by atomic mass is 16.5. The molecular formula is C35H54O8. The molecule has 0 aromatic rings. The van der Waals surface area contributed by atoms with E-state index in [2.05, 4.69) is 41.5 Å². The minimum absolute atomic E-state index is 0.0450. The van der Waals surface area contributed by atoms with Gasteiger partial charge in [0, 0.05) is 43.8 Å². The maximum Gasteiger partial charge on any atom is 0.330 e. The monoisotopic (exact) mass is 602 g/mol. The third-order valence-electron chi connectivity index (χ3n) is 12.9. The Balaban J connectivity index is 1.76. The van der Waals surface area contributed by atoms with E-state index in [0.717, 1.165) is 32.1 Å². The lowest BCUT2D eigenvalue weighted by molar-refractivity contribution is -0.171. The van der Waals surface area contributed by atoms with Gasteiger partial charge >= 0.3 is 17.9 Å². The summed E-state index contributed by atoms with van der Waals surface area (Å²) in [6.45, 7) is 17.9. The van der Waals surface area contributed by atoms with Crippen molar-refractivity contribution < 1.29 is 38.8 Å². The lowest BCUT2D eigenvalue weighted by Gasteiger charge is -2.63. The summed E-state index contributed by atoms with van der Waals surface area (Å²) in [6, 6.07) is 0. The average Bonchev–Trinajstić information content (AvgIpc) is 3.13. The van der Waals surface area contributed by atoms with Gasteiger partial charge in [0.25, 0.3) is 0 Å². The van der Waals surface area contributed by atoms with E-state index in [1.807, 2.05) is 0 Å². The molecular weight excluding hydrogens is 548 g/mol. The number of rotatable bonds is 8. The van der Waals surface area contributed by atoms with Crippen LogP contribution in [0.2, 0.25) is 0 Å². The van der Waals surface area contributed by atoms with Crippen molar-refractivity contribution in [1.82, 2.24) is 0 Å². The van der Waals surface area contributed by atoms with Crippen LogP contribution in [0, 0.1) is 39.4 Å². The quantitative estimate of drug-likeness (QED) is 0.190. The summed E-state index contributed by atoms with van der Waals surface area (Å²) in [7, 11) is 1.77. The highest BCUT2D eigenvalue weighted by Gasteiger charge is 2.69. The van der Waals surface area contributed by atoms with Crippen molar-refractivity contribution in [2.24, 2.45) is 39.4 Å². The van der Waals surface area contributed by atoms with E-state index in [4.69, 9.17) is 14.2 Å². The summed E-state index contributed by atoms with van der Waals surface area (Å²) in [5, 5.41) is 21.4. The number of hydrogen-bond donors (Lipinski definition) is 2. The number of carboxylic acid groups (broad SMARTS) is 1. The van der Waals surface area contributed by atoms with Crippen LogP contribution in [0.1, 0.15) is 107 Å². The predicted molar refractivity (Wildman–Crippen MR) is 163 cm³/mol. The molecule has 0 spiro atoms. The van der Waals surface area contributed by atoms with Crippen LogP contribution in [-0.4, -0.2) is 59.6 Å².